The first-order valence-corrected chi connectivity index (χ1v) is 9.45. The fourth-order valence-electron chi connectivity index (χ4n) is 3.16. The second kappa shape index (κ2) is 11.8. The van der Waals surface area contributed by atoms with Crippen LogP contribution >= 0.6 is 24.0 Å². The summed E-state index contributed by atoms with van der Waals surface area (Å²) in [7, 11) is 1.84. The highest BCUT2D eigenvalue weighted by Gasteiger charge is 2.20. The Labute approximate surface area is 176 Å². The summed E-state index contributed by atoms with van der Waals surface area (Å²) in [6.07, 6.45) is 2.43. The van der Waals surface area contributed by atoms with E-state index in [2.05, 4.69) is 76.9 Å². The van der Waals surface area contributed by atoms with Crippen LogP contribution in [0.2, 0.25) is 0 Å². The number of benzene rings is 1. The molecule has 1 saturated heterocycles. The van der Waals surface area contributed by atoms with Crippen LogP contribution in [-0.4, -0.2) is 55.7 Å². The molecule has 1 fully saturated rings. The minimum absolute atomic E-state index is 0. The van der Waals surface area contributed by atoms with Crippen LogP contribution in [0.4, 0.5) is 0 Å². The smallest absolute Gasteiger partial charge is 0.191 e. The molecule has 1 aliphatic heterocycles. The van der Waals surface area contributed by atoms with Crippen LogP contribution < -0.4 is 16.0 Å². The molecule has 0 aromatic heterocycles. The molecule has 1 aromatic rings. The molecule has 6 heteroatoms. The second-order valence-electron chi connectivity index (χ2n) is 7.88. The van der Waals surface area contributed by atoms with Gasteiger partial charge in [0.15, 0.2) is 5.96 Å². The summed E-state index contributed by atoms with van der Waals surface area (Å²) < 4.78 is 0. The van der Waals surface area contributed by atoms with Gasteiger partial charge in [0.1, 0.15) is 0 Å². The van der Waals surface area contributed by atoms with Gasteiger partial charge in [-0.3, -0.25) is 9.89 Å². The molecule has 5 nitrogen and oxygen atoms in total. The second-order valence-corrected chi connectivity index (χ2v) is 7.88. The van der Waals surface area contributed by atoms with Gasteiger partial charge in [-0.2, -0.15) is 0 Å². The molecule has 3 N–H and O–H groups in total. The lowest BCUT2D eigenvalue weighted by atomic mass is 10.0. The Balaban J connectivity index is 0.00000338. The number of likely N-dealkylation sites (tertiary alicyclic amines) is 1. The third-order valence-electron chi connectivity index (χ3n) is 4.39. The van der Waals surface area contributed by atoms with Gasteiger partial charge in [-0.05, 0) is 45.7 Å². The highest BCUT2D eigenvalue weighted by Crippen LogP contribution is 2.13. The normalized spacial score (nSPS) is 18.9. The third kappa shape index (κ3) is 9.19. The largest absolute Gasteiger partial charge is 0.355 e. The fourth-order valence-corrected chi connectivity index (χ4v) is 3.16. The predicted molar refractivity (Wildman–Crippen MR) is 122 cm³/mol. The zero-order valence-electron chi connectivity index (χ0n) is 16.7. The van der Waals surface area contributed by atoms with Crippen molar-refractivity contribution in [2.45, 2.75) is 51.7 Å². The SMILES string of the molecule is CN=C(NCCNC(C)(C)C)NC1CCCN(Cc2ccccc2)C1.I. The van der Waals surface area contributed by atoms with Crippen molar-refractivity contribution < 1.29 is 0 Å². The molecule has 0 amide bonds. The van der Waals surface area contributed by atoms with Gasteiger partial charge in [-0.1, -0.05) is 30.3 Å². The topological polar surface area (TPSA) is 51.7 Å². The van der Waals surface area contributed by atoms with Crippen molar-refractivity contribution in [1.29, 1.82) is 0 Å². The van der Waals surface area contributed by atoms with E-state index in [9.17, 15) is 0 Å². The first-order chi connectivity index (χ1) is 12.0. The molecular weight excluding hydrogens is 437 g/mol. The maximum atomic E-state index is 4.37. The molecule has 2 rings (SSSR count). The maximum absolute atomic E-state index is 4.37. The number of piperidine rings is 1. The zero-order chi connectivity index (χ0) is 18.1. The molecule has 0 spiro atoms. The Morgan fingerprint density at radius 1 is 1.19 bits per heavy atom. The molecule has 1 aromatic carbocycles. The number of rotatable bonds is 6. The maximum Gasteiger partial charge on any atom is 0.191 e. The van der Waals surface area contributed by atoms with Crippen LogP contribution in [0.25, 0.3) is 0 Å². The summed E-state index contributed by atoms with van der Waals surface area (Å²) in [6, 6.07) is 11.2. The Kier molecular flexibility index (Phi) is 10.5. The van der Waals surface area contributed by atoms with Gasteiger partial charge < -0.3 is 16.0 Å². The minimum Gasteiger partial charge on any atom is -0.355 e. The first kappa shape index (κ1) is 23.2. The number of halogens is 1. The number of nitrogens with one attached hydrogen (secondary N) is 3. The van der Waals surface area contributed by atoms with Gasteiger partial charge in [-0.15, -0.1) is 24.0 Å². The number of guanidine groups is 1. The van der Waals surface area contributed by atoms with Crippen LogP contribution in [0.15, 0.2) is 35.3 Å². The van der Waals surface area contributed by atoms with E-state index in [0.717, 1.165) is 32.1 Å². The summed E-state index contributed by atoms with van der Waals surface area (Å²) >= 11 is 0. The fraction of sp³-hybridized carbons (Fsp3) is 0.650. The summed E-state index contributed by atoms with van der Waals surface area (Å²) in [5.74, 6) is 0.905. The Hall–Kier alpha value is -0.860. The predicted octanol–water partition coefficient (Wildman–Crippen LogP) is 2.82. The van der Waals surface area contributed by atoms with E-state index in [1.54, 1.807) is 0 Å². The van der Waals surface area contributed by atoms with Crippen LogP contribution in [0, 0.1) is 0 Å². The van der Waals surface area contributed by atoms with Crippen LogP contribution in [0.1, 0.15) is 39.2 Å². The average Bonchev–Trinajstić information content (AvgIpc) is 2.58. The van der Waals surface area contributed by atoms with E-state index < -0.39 is 0 Å². The molecular formula is C20H36IN5. The summed E-state index contributed by atoms with van der Waals surface area (Å²) in [5.41, 5.74) is 1.54. The van der Waals surface area contributed by atoms with E-state index in [1.165, 1.54) is 24.9 Å². The van der Waals surface area contributed by atoms with Crippen molar-refractivity contribution in [2.24, 2.45) is 4.99 Å². The van der Waals surface area contributed by atoms with E-state index >= 15 is 0 Å². The summed E-state index contributed by atoms with van der Waals surface area (Å²) in [6.45, 7) is 11.6. The number of hydrogen-bond donors (Lipinski definition) is 3. The van der Waals surface area contributed by atoms with Crippen LogP contribution in [0.5, 0.6) is 0 Å². The monoisotopic (exact) mass is 473 g/mol. The van der Waals surface area contributed by atoms with Gasteiger partial charge in [0, 0.05) is 44.8 Å². The lowest BCUT2D eigenvalue weighted by Gasteiger charge is -2.34. The third-order valence-corrected chi connectivity index (χ3v) is 4.39. The van der Waals surface area contributed by atoms with Gasteiger partial charge in [-0.25, -0.2) is 0 Å². The lowest BCUT2D eigenvalue weighted by Crippen LogP contribution is -2.52. The number of nitrogens with zero attached hydrogens (tertiary/aromatic N) is 2. The molecule has 26 heavy (non-hydrogen) atoms. The lowest BCUT2D eigenvalue weighted by molar-refractivity contribution is 0.192. The Morgan fingerprint density at radius 3 is 2.58 bits per heavy atom. The molecule has 0 bridgehead atoms. The summed E-state index contributed by atoms with van der Waals surface area (Å²) in [4.78, 5) is 6.91. The molecule has 0 radical (unpaired) electrons. The molecule has 0 aliphatic carbocycles. The van der Waals surface area contributed by atoms with Gasteiger partial charge in [0.2, 0.25) is 0 Å². The van der Waals surface area contributed by atoms with E-state index in [1.807, 2.05) is 7.05 Å². The average molecular weight is 473 g/mol. The highest BCUT2D eigenvalue weighted by atomic mass is 127. The van der Waals surface area contributed by atoms with Crippen molar-refractivity contribution in [3.8, 4) is 0 Å². The first-order valence-electron chi connectivity index (χ1n) is 9.45. The summed E-state index contributed by atoms with van der Waals surface area (Å²) in [5, 5.41) is 10.5. The van der Waals surface area contributed by atoms with E-state index in [4.69, 9.17) is 0 Å². The van der Waals surface area contributed by atoms with Gasteiger partial charge in [0.05, 0.1) is 0 Å². The molecule has 1 heterocycles. The molecule has 1 atom stereocenters. The van der Waals surface area contributed by atoms with E-state index in [0.29, 0.717) is 6.04 Å². The van der Waals surface area contributed by atoms with Gasteiger partial charge in [0.25, 0.3) is 0 Å². The van der Waals surface area contributed by atoms with Crippen molar-refractivity contribution in [3.05, 3.63) is 35.9 Å². The van der Waals surface area contributed by atoms with Crippen molar-refractivity contribution in [1.82, 2.24) is 20.9 Å². The molecule has 1 unspecified atom stereocenters. The quantitative estimate of drug-likeness (QED) is 0.258. The van der Waals surface area contributed by atoms with Crippen LogP contribution in [-0.2, 0) is 6.54 Å². The van der Waals surface area contributed by atoms with Gasteiger partial charge >= 0.3 is 0 Å². The van der Waals surface area contributed by atoms with Crippen LogP contribution in [0.3, 0.4) is 0 Å². The zero-order valence-corrected chi connectivity index (χ0v) is 19.0. The van der Waals surface area contributed by atoms with Crippen molar-refractivity contribution in [2.75, 3.05) is 33.2 Å². The van der Waals surface area contributed by atoms with Crippen molar-refractivity contribution in [3.63, 3.8) is 0 Å². The highest BCUT2D eigenvalue weighted by molar-refractivity contribution is 14.0. The standard InChI is InChI=1S/C20H35N5.HI/c1-20(2,3)23-13-12-22-19(21-4)24-18-11-8-14-25(16-18)15-17-9-6-5-7-10-17;/h5-7,9-10,18,23H,8,11-16H2,1-4H3,(H2,21,22,24);1H. The minimum atomic E-state index is 0. The number of hydrogen-bond acceptors (Lipinski definition) is 3. The molecule has 1 aliphatic rings. The molecule has 0 saturated carbocycles. The Bertz CT molecular complexity index is 527. The van der Waals surface area contributed by atoms with Crippen molar-refractivity contribution >= 4 is 29.9 Å². The molecule has 148 valence electrons. The van der Waals surface area contributed by atoms with E-state index in [-0.39, 0.29) is 29.5 Å². The Morgan fingerprint density at radius 2 is 1.92 bits per heavy atom. The number of aliphatic imine (C=N–C) groups is 1.